The van der Waals surface area contributed by atoms with Crippen LogP contribution in [0.2, 0.25) is 5.02 Å². The van der Waals surface area contributed by atoms with E-state index in [0.717, 1.165) is 6.42 Å². The van der Waals surface area contributed by atoms with Gasteiger partial charge in [0.1, 0.15) is 0 Å². The fourth-order valence-electron chi connectivity index (χ4n) is 2.38. The predicted octanol–water partition coefficient (Wildman–Crippen LogP) is 3.65. The summed E-state index contributed by atoms with van der Waals surface area (Å²) in [5.74, 6) is 0.598. The fraction of sp³-hybridized carbons (Fsp3) is 0.500. The molecule has 0 saturated heterocycles. The number of amides is 1. The van der Waals surface area contributed by atoms with Crippen molar-refractivity contribution in [1.29, 1.82) is 0 Å². The van der Waals surface area contributed by atoms with Crippen LogP contribution in [0.5, 0.6) is 0 Å². The molecule has 2 atom stereocenters. The number of nitrogens with one attached hydrogen (secondary N) is 1. The Morgan fingerprint density at radius 3 is 2.53 bits per heavy atom. The maximum absolute atomic E-state index is 12.0. The summed E-state index contributed by atoms with van der Waals surface area (Å²) in [6.45, 7) is 2.21. The van der Waals surface area contributed by atoms with E-state index in [-0.39, 0.29) is 5.91 Å². The highest BCUT2D eigenvalue weighted by molar-refractivity contribution is 6.30. The first-order chi connectivity index (χ1) is 8.16. The molecule has 2 nitrogen and oxygen atoms in total. The average Bonchev–Trinajstić information content (AvgIpc) is 2.33. The summed E-state index contributed by atoms with van der Waals surface area (Å²) in [6.07, 6.45) is 4.82. The lowest BCUT2D eigenvalue weighted by Gasteiger charge is -2.29. The predicted molar refractivity (Wildman–Crippen MR) is 70.3 cm³/mol. The summed E-state index contributed by atoms with van der Waals surface area (Å²) in [7, 11) is 0. The first-order valence-corrected chi connectivity index (χ1v) is 6.61. The third-order valence-electron chi connectivity index (χ3n) is 3.53. The summed E-state index contributed by atoms with van der Waals surface area (Å²) in [4.78, 5) is 12.0. The molecule has 0 unspecified atom stereocenters. The molecule has 2 rings (SSSR count). The van der Waals surface area contributed by atoms with Crippen molar-refractivity contribution in [1.82, 2.24) is 5.32 Å². The maximum atomic E-state index is 12.0. The monoisotopic (exact) mass is 251 g/mol. The van der Waals surface area contributed by atoms with Gasteiger partial charge in [-0.15, -0.1) is 0 Å². The van der Waals surface area contributed by atoms with Crippen molar-refractivity contribution in [2.75, 3.05) is 0 Å². The van der Waals surface area contributed by atoms with Gasteiger partial charge in [-0.05, 0) is 43.0 Å². The summed E-state index contributed by atoms with van der Waals surface area (Å²) in [5.41, 5.74) is 0.687. The molecule has 1 N–H and O–H groups in total. The summed E-state index contributed by atoms with van der Waals surface area (Å²) in [5, 5.41) is 3.78. The van der Waals surface area contributed by atoms with Gasteiger partial charge in [0.15, 0.2) is 0 Å². The van der Waals surface area contributed by atoms with E-state index >= 15 is 0 Å². The standard InChI is InChI=1S/C14H18ClNO/c1-10-4-2-3-5-13(10)16-14(17)11-6-8-12(15)9-7-11/h6-10,13H,2-5H2,1H3,(H,16,17)/t10-,13+/m0/s1. The second-order valence-corrected chi connectivity index (χ2v) is 5.29. The molecule has 0 radical (unpaired) electrons. The van der Waals surface area contributed by atoms with Gasteiger partial charge in [0, 0.05) is 16.6 Å². The Labute approximate surface area is 107 Å². The number of carbonyl (C=O) groups is 1. The normalized spacial score (nSPS) is 24.4. The lowest BCUT2D eigenvalue weighted by Crippen LogP contribution is -2.41. The molecular weight excluding hydrogens is 234 g/mol. The molecule has 1 amide bonds. The van der Waals surface area contributed by atoms with Crippen LogP contribution >= 0.6 is 11.6 Å². The zero-order valence-electron chi connectivity index (χ0n) is 10.1. The molecule has 1 fully saturated rings. The first kappa shape index (κ1) is 12.4. The van der Waals surface area contributed by atoms with E-state index in [1.165, 1.54) is 19.3 Å². The molecule has 92 valence electrons. The number of hydrogen-bond acceptors (Lipinski definition) is 1. The van der Waals surface area contributed by atoms with Gasteiger partial charge in [0.2, 0.25) is 0 Å². The number of benzene rings is 1. The second-order valence-electron chi connectivity index (χ2n) is 4.85. The maximum Gasteiger partial charge on any atom is 0.251 e. The summed E-state index contributed by atoms with van der Waals surface area (Å²) < 4.78 is 0. The molecule has 1 saturated carbocycles. The van der Waals surface area contributed by atoms with E-state index in [1.54, 1.807) is 24.3 Å². The van der Waals surface area contributed by atoms with Crippen LogP contribution in [0.25, 0.3) is 0 Å². The molecule has 1 aliphatic carbocycles. The quantitative estimate of drug-likeness (QED) is 0.854. The van der Waals surface area contributed by atoms with Gasteiger partial charge < -0.3 is 5.32 Å². The minimum absolute atomic E-state index is 0.0143. The van der Waals surface area contributed by atoms with Gasteiger partial charge in [-0.2, -0.15) is 0 Å². The molecule has 17 heavy (non-hydrogen) atoms. The van der Waals surface area contributed by atoms with E-state index in [0.29, 0.717) is 22.5 Å². The first-order valence-electron chi connectivity index (χ1n) is 6.23. The Bertz CT molecular complexity index is 388. The molecule has 0 heterocycles. The van der Waals surface area contributed by atoms with Crippen molar-refractivity contribution in [3.05, 3.63) is 34.9 Å². The zero-order valence-corrected chi connectivity index (χ0v) is 10.8. The molecular formula is C14H18ClNO. The van der Waals surface area contributed by atoms with Crippen molar-refractivity contribution in [2.45, 2.75) is 38.6 Å². The number of carbonyl (C=O) groups excluding carboxylic acids is 1. The van der Waals surface area contributed by atoms with Crippen molar-refractivity contribution in [3.8, 4) is 0 Å². The van der Waals surface area contributed by atoms with Crippen LogP contribution in [0.1, 0.15) is 43.0 Å². The third kappa shape index (κ3) is 3.22. The van der Waals surface area contributed by atoms with E-state index in [9.17, 15) is 4.79 Å². The smallest absolute Gasteiger partial charge is 0.251 e. The van der Waals surface area contributed by atoms with Crippen molar-refractivity contribution in [3.63, 3.8) is 0 Å². The van der Waals surface area contributed by atoms with Crippen molar-refractivity contribution < 1.29 is 4.79 Å². The molecule has 0 spiro atoms. The molecule has 3 heteroatoms. The Balaban J connectivity index is 1.98. The Morgan fingerprint density at radius 1 is 1.24 bits per heavy atom. The Morgan fingerprint density at radius 2 is 1.88 bits per heavy atom. The average molecular weight is 252 g/mol. The summed E-state index contributed by atoms with van der Waals surface area (Å²) in [6, 6.07) is 7.37. The van der Waals surface area contributed by atoms with Gasteiger partial charge >= 0.3 is 0 Å². The molecule has 0 aliphatic heterocycles. The van der Waals surface area contributed by atoms with Crippen LogP contribution in [0.3, 0.4) is 0 Å². The van der Waals surface area contributed by atoms with Crippen LogP contribution in [-0.4, -0.2) is 11.9 Å². The van der Waals surface area contributed by atoms with E-state index in [2.05, 4.69) is 12.2 Å². The minimum Gasteiger partial charge on any atom is -0.349 e. The molecule has 0 aromatic heterocycles. The number of halogens is 1. The highest BCUT2D eigenvalue weighted by atomic mass is 35.5. The van der Waals surface area contributed by atoms with Gasteiger partial charge in [-0.25, -0.2) is 0 Å². The van der Waals surface area contributed by atoms with Crippen LogP contribution in [0, 0.1) is 5.92 Å². The van der Waals surface area contributed by atoms with Crippen LogP contribution in [-0.2, 0) is 0 Å². The van der Waals surface area contributed by atoms with Crippen molar-refractivity contribution >= 4 is 17.5 Å². The fourth-order valence-corrected chi connectivity index (χ4v) is 2.51. The lowest BCUT2D eigenvalue weighted by atomic mass is 9.86. The van der Waals surface area contributed by atoms with Gasteiger partial charge in [-0.3, -0.25) is 4.79 Å². The Kier molecular flexibility index (Phi) is 4.06. The summed E-state index contributed by atoms with van der Waals surface area (Å²) >= 11 is 5.80. The molecule has 0 bridgehead atoms. The van der Waals surface area contributed by atoms with E-state index < -0.39 is 0 Å². The van der Waals surface area contributed by atoms with E-state index in [1.807, 2.05) is 0 Å². The molecule has 1 aromatic rings. The zero-order chi connectivity index (χ0) is 12.3. The van der Waals surface area contributed by atoms with Crippen LogP contribution < -0.4 is 5.32 Å². The minimum atomic E-state index is 0.0143. The third-order valence-corrected chi connectivity index (χ3v) is 3.79. The SMILES string of the molecule is C[C@H]1CCCC[C@H]1NC(=O)c1ccc(Cl)cc1. The largest absolute Gasteiger partial charge is 0.349 e. The second kappa shape index (κ2) is 5.54. The van der Waals surface area contributed by atoms with E-state index in [4.69, 9.17) is 11.6 Å². The topological polar surface area (TPSA) is 29.1 Å². The number of hydrogen-bond donors (Lipinski definition) is 1. The molecule has 1 aliphatic rings. The lowest BCUT2D eigenvalue weighted by molar-refractivity contribution is 0.0910. The van der Waals surface area contributed by atoms with Crippen molar-refractivity contribution in [2.24, 2.45) is 5.92 Å². The number of rotatable bonds is 2. The van der Waals surface area contributed by atoms with Crippen LogP contribution in [0.15, 0.2) is 24.3 Å². The van der Waals surface area contributed by atoms with Gasteiger partial charge in [-0.1, -0.05) is 31.4 Å². The van der Waals surface area contributed by atoms with Gasteiger partial charge in [0.05, 0.1) is 0 Å². The van der Waals surface area contributed by atoms with Crippen LogP contribution in [0.4, 0.5) is 0 Å². The van der Waals surface area contributed by atoms with Gasteiger partial charge in [0.25, 0.3) is 5.91 Å². The highest BCUT2D eigenvalue weighted by Gasteiger charge is 2.23. The highest BCUT2D eigenvalue weighted by Crippen LogP contribution is 2.24. The molecule has 1 aromatic carbocycles. The Hall–Kier alpha value is -1.02.